The van der Waals surface area contributed by atoms with E-state index in [1.165, 1.54) is 0 Å². The second-order valence-electron chi connectivity index (χ2n) is 3.23. The van der Waals surface area contributed by atoms with Crippen molar-refractivity contribution in [3.63, 3.8) is 0 Å². The normalized spacial score (nSPS) is 10.2. The average molecular weight is 220 g/mol. The van der Waals surface area contributed by atoms with E-state index in [4.69, 9.17) is 10.6 Å². The van der Waals surface area contributed by atoms with Crippen molar-refractivity contribution in [1.82, 2.24) is 19.7 Å². The van der Waals surface area contributed by atoms with Crippen LogP contribution in [-0.2, 0) is 7.05 Å². The Morgan fingerprint density at radius 2 is 2.25 bits per heavy atom. The third-order valence-electron chi connectivity index (χ3n) is 1.87. The summed E-state index contributed by atoms with van der Waals surface area (Å²) in [5, 5.41) is 3.99. The third-order valence-corrected chi connectivity index (χ3v) is 1.87. The number of hydrogen-bond acceptors (Lipinski definition) is 6. The van der Waals surface area contributed by atoms with Gasteiger partial charge in [0.1, 0.15) is 11.6 Å². The standard InChI is InChI=1S/C9H12N6O/c1-6-12-8(14-10)3-9(13-6)16-7-4-11-15(2)5-7/h3-5H,10H2,1-2H3,(H,12,13,14). The van der Waals surface area contributed by atoms with Crippen molar-refractivity contribution in [2.45, 2.75) is 6.92 Å². The Labute approximate surface area is 92.2 Å². The number of nitrogens with two attached hydrogens (primary N) is 1. The number of ether oxygens (including phenoxy) is 1. The lowest BCUT2D eigenvalue weighted by Crippen LogP contribution is -2.09. The molecule has 0 saturated heterocycles. The molecule has 0 fully saturated rings. The van der Waals surface area contributed by atoms with Crippen molar-refractivity contribution in [2.75, 3.05) is 5.43 Å². The van der Waals surface area contributed by atoms with E-state index >= 15 is 0 Å². The number of hydrazine groups is 1. The van der Waals surface area contributed by atoms with E-state index in [9.17, 15) is 0 Å². The fraction of sp³-hybridized carbons (Fsp3) is 0.222. The van der Waals surface area contributed by atoms with Gasteiger partial charge in [-0.1, -0.05) is 0 Å². The topological polar surface area (TPSA) is 90.9 Å². The number of rotatable bonds is 3. The number of hydrogen-bond donors (Lipinski definition) is 2. The van der Waals surface area contributed by atoms with Crippen LogP contribution in [0.1, 0.15) is 5.82 Å². The highest BCUT2D eigenvalue weighted by atomic mass is 16.5. The summed E-state index contributed by atoms with van der Waals surface area (Å²) in [5.41, 5.74) is 2.45. The van der Waals surface area contributed by atoms with Gasteiger partial charge in [-0.3, -0.25) is 4.68 Å². The van der Waals surface area contributed by atoms with Crippen molar-refractivity contribution in [2.24, 2.45) is 12.9 Å². The maximum atomic E-state index is 5.49. The number of aromatic nitrogens is 4. The van der Waals surface area contributed by atoms with E-state index in [1.54, 1.807) is 30.1 Å². The summed E-state index contributed by atoms with van der Waals surface area (Å²) in [4.78, 5) is 8.17. The van der Waals surface area contributed by atoms with Gasteiger partial charge in [0, 0.05) is 13.1 Å². The van der Waals surface area contributed by atoms with Crippen molar-refractivity contribution in [3.8, 4) is 11.6 Å². The van der Waals surface area contributed by atoms with E-state index < -0.39 is 0 Å². The molecule has 0 aliphatic rings. The molecule has 16 heavy (non-hydrogen) atoms. The minimum atomic E-state index is 0.424. The molecule has 3 N–H and O–H groups in total. The van der Waals surface area contributed by atoms with Crippen LogP contribution in [0.25, 0.3) is 0 Å². The van der Waals surface area contributed by atoms with Crippen molar-refractivity contribution in [1.29, 1.82) is 0 Å². The van der Waals surface area contributed by atoms with Crippen molar-refractivity contribution >= 4 is 5.82 Å². The molecular weight excluding hydrogens is 208 g/mol. The molecule has 0 spiro atoms. The first kappa shape index (κ1) is 10.4. The predicted octanol–water partition coefficient (Wildman–Crippen LogP) is 0.596. The van der Waals surface area contributed by atoms with E-state index in [1.807, 2.05) is 7.05 Å². The van der Waals surface area contributed by atoms with E-state index in [2.05, 4.69) is 20.5 Å². The molecule has 84 valence electrons. The molecule has 2 aromatic heterocycles. The fourth-order valence-corrected chi connectivity index (χ4v) is 1.24. The lowest BCUT2D eigenvalue weighted by atomic mass is 10.5. The first-order chi connectivity index (χ1) is 7.67. The molecule has 0 unspecified atom stereocenters. The molecule has 0 radical (unpaired) electrons. The summed E-state index contributed by atoms with van der Waals surface area (Å²) >= 11 is 0. The molecule has 2 aromatic rings. The molecule has 0 amide bonds. The Hall–Kier alpha value is -2.15. The van der Waals surface area contributed by atoms with Gasteiger partial charge >= 0.3 is 0 Å². The summed E-state index contributed by atoms with van der Waals surface area (Å²) in [6, 6.07) is 1.61. The Bertz CT molecular complexity index is 494. The molecule has 0 aliphatic heterocycles. The Morgan fingerprint density at radius 1 is 1.44 bits per heavy atom. The smallest absolute Gasteiger partial charge is 0.224 e. The molecule has 2 rings (SSSR count). The predicted molar refractivity (Wildman–Crippen MR) is 57.9 cm³/mol. The van der Waals surface area contributed by atoms with Crippen LogP contribution in [0.5, 0.6) is 11.6 Å². The van der Waals surface area contributed by atoms with Crippen LogP contribution >= 0.6 is 0 Å². The average Bonchev–Trinajstić information content (AvgIpc) is 2.63. The second kappa shape index (κ2) is 4.15. The fourth-order valence-electron chi connectivity index (χ4n) is 1.24. The Kier molecular flexibility index (Phi) is 2.69. The highest BCUT2D eigenvalue weighted by molar-refractivity contribution is 5.38. The van der Waals surface area contributed by atoms with Gasteiger partial charge < -0.3 is 10.2 Å². The summed E-state index contributed by atoms with van der Waals surface area (Å²) in [7, 11) is 1.81. The lowest BCUT2D eigenvalue weighted by Gasteiger charge is -2.05. The molecule has 0 aliphatic carbocycles. The molecule has 0 saturated carbocycles. The number of nitrogens with one attached hydrogen (secondary N) is 1. The summed E-state index contributed by atoms with van der Waals surface area (Å²) in [5.74, 6) is 7.40. The molecule has 7 heteroatoms. The van der Waals surface area contributed by atoms with Gasteiger partial charge in [0.25, 0.3) is 0 Å². The molecule has 0 bridgehead atoms. The van der Waals surface area contributed by atoms with Crippen LogP contribution in [0, 0.1) is 6.92 Å². The van der Waals surface area contributed by atoms with Crippen LogP contribution in [0.3, 0.4) is 0 Å². The molecular formula is C9H12N6O. The van der Waals surface area contributed by atoms with Gasteiger partial charge in [0.05, 0.1) is 12.4 Å². The van der Waals surface area contributed by atoms with Crippen LogP contribution in [0.15, 0.2) is 18.5 Å². The zero-order valence-electron chi connectivity index (χ0n) is 9.01. The van der Waals surface area contributed by atoms with Gasteiger partial charge in [-0.25, -0.2) is 10.8 Å². The number of nitrogens with zero attached hydrogens (tertiary/aromatic N) is 4. The van der Waals surface area contributed by atoms with Crippen LogP contribution in [0.2, 0.25) is 0 Å². The van der Waals surface area contributed by atoms with E-state index in [0.29, 0.717) is 23.3 Å². The highest BCUT2D eigenvalue weighted by Crippen LogP contribution is 2.20. The maximum absolute atomic E-state index is 5.49. The number of anilines is 1. The van der Waals surface area contributed by atoms with Gasteiger partial charge in [-0.05, 0) is 6.92 Å². The number of aryl methyl sites for hydroxylation is 2. The Balaban J connectivity index is 2.24. The van der Waals surface area contributed by atoms with Gasteiger partial charge in [0.2, 0.25) is 5.88 Å². The molecule has 2 heterocycles. The summed E-state index contributed by atoms with van der Waals surface area (Å²) in [6.45, 7) is 1.76. The monoisotopic (exact) mass is 220 g/mol. The number of nitrogen functional groups attached to an aromatic ring is 1. The molecule has 0 aromatic carbocycles. The zero-order chi connectivity index (χ0) is 11.5. The van der Waals surface area contributed by atoms with Crippen molar-refractivity contribution < 1.29 is 4.74 Å². The molecule has 0 atom stereocenters. The Morgan fingerprint density at radius 3 is 2.88 bits per heavy atom. The zero-order valence-corrected chi connectivity index (χ0v) is 9.01. The maximum Gasteiger partial charge on any atom is 0.224 e. The van der Waals surface area contributed by atoms with Crippen LogP contribution in [0.4, 0.5) is 5.82 Å². The second-order valence-corrected chi connectivity index (χ2v) is 3.23. The quantitative estimate of drug-likeness (QED) is 0.581. The van der Waals surface area contributed by atoms with E-state index in [0.717, 1.165) is 0 Å². The van der Waals surface area contributed by atoms with Crippen molar-refractivity contribution in [3.05, 3.63) is 24.3 Å². The van der Waals surface area contributed by atoms with Gasteiger partial charge in [0.15, 0.2) is 5.75 Å². The highest BCUT2D eigenvalue weighted by Gasteiger charge is 2.04. The largest absolute Gasteiger partial charge is 0.436 e. The first-order valence-corrected chi connectivity index (χ1v) is 4.66. The first-order valence-electron chi connectivity index (χ1n) is 4.66. The van der Waals surface area contributed by atoms with E-state index in [-0.39, 0.29) is 0 Å². The minimum absolute atomic E-state index is 0.424. The van der Waals surface area contributed by atoms with Gasteiger partial charge in [-0.2, -0.15) is 10.1 Å². The van der Waals surface area contributed by atoms with Crippen LogP contribution in [-0.4, -0.2) is 19.7 Å². The SMILES string of the molecule is Cc1nc(NN)cc(Oc2cnn(C)c2)n1. The summed E-state index contributed by atoms with van der Waals surface area (Å²) < 4.78 is 7.14. The third kappa shape index (κ3) is 2.26. The lowest BCUT2D eigenvalue weighted by molar-refractivity contribution is 0.459. The van der Waals surface area contributed by atoms with Crippen LogP contribution < -0.4 is 16.0 Å². The minimum Gasteiger partial charge on any atom is -0.436 e. The van der Waals surface area contributed by atoms with Gasteiger partial charge in [-0.15, -0.1) is 0 Å². The molecule has 7 nitrogen and oxygen atoms in total. The summed E-state index contributed by atoms with van der Waals surface area (Å²) in [6.07, 6.45) is 3.35.